The fraction of sp³-hybridized carbons (Fsp3) is 0.433. The molecule has 6 heteroatoms. The monoisotopic (exact) mass is 481 g/mol. The molecular weight excluding hydrogens is 446 g/mol. The number of aromatic nitrogens is 2. The molecule has 1 aliphatic carbocycles. The lowest BCUT2D eigenvalue weighted by molar-refractivity contribution is 0.310. The van der Waals surface area contributed by atoms with Gasteiger partial charge in [0.15, 0.2) is 0 Å². The second-order valence-corrected chi connectivity index (χ2v) is 11.4. The van der Waals surface area contributed by atoms with E-state index in [1.807, 2.05) is 6.92 Å². The predicted molar refractivity (Wildman–Crippen MR) is 145 cm³/mol. The number of ether oxygens (including phenoxy) is 1. The molecule has 0 bridgehead atoms. The van der Waals surface area contributed by atoms with Crippen molar-refractivity contribution in [3.8, 4) is 16.9 Å². The number of benzene rings is 2. The maximum Gasteiger partial charge on any atom is 0.147 e. The third kappa shape index (κ3) is 4.28. The van der Waals surface area contributed by atoms with E-state index in [4.69, 9.17) is 25.4 Å². The minimum Gasteiger partial charge on any atom is -0.491 e. The van der Waals surface area contributed by atoms with Gasteiger partial charge in [0.25, 0.3) is 0 Å². The molecule has 1 atom stereocenters. The van der Waals surface area contributed by atoms with Crippen LogP contribution in [-0.4, -0.2) is 28.8 Å². The summed E-state index contributed by atoms with van der Waals surface area (Å²) in [5, 5.41) is 0. The summed E-state index contributed by atoms with van der Waals surface area (Å²) < 4.78 is 6.21. The topological polar surface area (TPSA) is 76.6 Å². The Kier molecular flexibility index (Phi) is 5.60. The Morgan fingerprint density at radius 3 is 2.69 bits per heavy atom. The van der Waals surface area contributed by atoms with Gasteiger partial charge < -0.3 is 15.4 Å². The summed E-state index contributed by atoms with van der Waals surface area (Å²) >= 11 is 0. The van der Waals surface area contributed by atoms with Gasteiger partial charge in [0, 0.05) is 35.5 Å². The zero-order valence-corrected chi connectivity index (χ0v) is 21.8. The molecule has 3 heterocycles. The van der Waals surface area contributed by atoms with Gasteiger partial charge in [-0.25, -0.2) is 9.97 Å². The number of fused-ring (bicyclic) bond motifs is 3. The van der Waals surface area contributed by atoms with Crippen LogP contribution in [0, 0.1) is 5.41 Å². The van der Waals surface area contributed by atoms with Crippen molar-refractivity contribution < 1.29 is 4.74 Å². The van der Waals surface area contributed by atoms with Crippen LogP contribution in [0.1, 0.15) is 68.4 Å². The highest BCUT2D eigenvalue weighted by Gasteiger charge is 2.32. The summed E-state index contributed by atoms with van der Waals surface area (Å²) in [4.78, 5) is 17.0. The van der Waals surface area contributed by atoms with Crippen LogP contribution in [0.2, 0.25) is 0 Å². The standard InChI is InChI=1S/C30H35N5O/c1-18-13-22-6-5-21(15-26(22)32-18)20-7-8-27-23(14-20)17-35(11-12-36-27)29-24-16-30(3,4)10-9-25(24)33-28(34-29)19(2)31/h5-8,14-15,19H,9-13,16-17,31H2,1-4H3. The lowest BCUT2D eigenvalue weighted by atomic mass is 9.76. The van der Waals surface area contributed by atoms with E-state index in [0.29, 0.717) is 6.61 Å². The predicted octanol–water partition coefficient (Wildman–Crippen LogP) is 5.73. The van der Waals surface area contributed by atoms with Crippen LogP contribution in [0.4, 0.5) is 11.5 Å². The fourth-order valence-corrected chi connectivity index (χ4v) is 5.69. The van der Waals surface area contributed by atoms with E-state index < -0.39 is 0 Å². The summed E-state index contributed by atoms with van der Waals surface area (Å²) in [6, 6.07) is 13.0. The molecule has 0 fully saturated rings. The molecule has 1 aromatic heterocycles. The van der Waals surface area contributed by atoms with E-state index in [9.17, 15) is 0 Å². The molecule has 2 N–H and O–H groups in total. The molecule has 3 aliphatic rings. The van der Waals surface area contributed by atoms with Gasteiger partial charge in [-0.15, -0.1) is 0 Å². The average Bonchev–Trinajstić information content (AvgIpc) is 3.08. The first-order chi connectivity index (χ1) is 17.3. The van der Waals surface area contributed by atoms with Crippen molar-refractivity contribution in [2.45, 2.75) is 66.0 Å². The number of nitrogens with zero attached hydrogens (tertiary/aromatic N) is 4. The van der Waals surface area contributed by atoms with Gasteiger partial charge in [-0.05, 0) is 73.4 Å². The first-order valence-electron chi connectivity index (χ1n) is 13.1. The van der Waals surface area contributed by atoms with Crippen molar-refractivity contribution in [1.29, 1.82) is 0 Å². The first kappa shape index (κ1) is 23.2. The Bertz CT molecular complexity index is 1370. The molecule has 0 saturated carbocycles. The van der Waals surface area contributed by atoms with Crippen LogP contribution >= 0.6 is 0 Å². The minimum atomic E-state index is -0.197. The number of aryl methyl sites for hydroxylation is 1. The lowest BCUT2D eigenvalue weighted by Crippen LogP contribution is -2.32. The van der Waals surface area contributed by atoms with Crippen LogP contribution < -0.4 is 15.4 Å². The molecule has 3 aromatic rings. The SMILES string of the molecule is CC1=Nc2cc(-c3ccc4c(c3)CN(c3nc(C(C)N)nc5c3CC(C)(C)CC5)CCO4)ccc2C1. The molecule has 186 valence electrons. The number of rotatable bonds is 3. The lowest BCUT2D eigenvalue weighted by Gasteiger charge is -2.34. The Balaban J connectivity index is 1.38. The molecule has 0 spiro atoms. The van der Waals surface area contributed by atoms with Crippen molar-refractivity contribution in [3.63, 3.8) is 0 Å². The van der Waals surface area contributed by atoms with Crippen molar-refractivity contribution in [2.24, 2.45) is 16.1 Å². The van der Waals surface area contributed by atoms with Crippen LogP contribution in [0.15, 0.2) is 41.4 Å². The van der Waals surface area contributed by atoms with E-state index in [1.54, 1.807) is 0 Å². The number of nitrogens with two attached hydrogens (primary N) is 1. The van der Waals surface area contributed by atoms with Gasteiger partial charge in [0.1, 0.15) is 24.0 Å². The van der Waals surface area contributed by atoms with E-state index in [-0.39, 0.29) is 11.5 Å². The van der Waals surface area contributed by atoms with Crippen molar-refractivity contribution >= 4 is 17.2 Å². The first-order valence-corrected chi connectivity index (χ1v) is 13.1. The van der Waals surface area contributed by atoms with Crippen molar-refractivity contribution in [1.82, 2.24) is 9.97 Å². The molecule has 0 amide bonds. The van der Waals surface area contributed by atoms with Gasteiger partial charge in [0.2, 0.25) is 0 Å². The number of anilines is 1. The maximum atomic E-state index is 6.26. The van der Waals surface area contributed by atoms with Crippen molar-refractivity contribution in [2.75, 3.05) is 18.1 Å². The molecule has 6 nitrogen and oxygen atoms in total. The Morgan fingerprint density at radius 2 is 1.86 bits per heavy atom. The maximum absolute atomic E-state index is 6.26. The van der Waals surface area contributed by atoms with E-state index in [0.717, 1.165) is 61.9 Å². The largest absolute Gasteiger partial charge is 0.491 e. The Labute approximate surface area is 213 Å². The Morgan fingerprint density at radius 1 is 1.06 bits per heavy atom. The van der Waals surface area contributed by atoms with Gasteiger partial charge in [-0.3, -0.25) is 4.99 Å². The zero-order valence-electron chi connectivity index (χ0n) is 21.8. The number of hydrogen-bond acceptors (Lipinski definition) is 6. The molecule has 2 aromatic carbocycles. The molecule has 6 rings (SSSR count). The highest BCUT2D eigenvalue weighted by molar-refractivity contribution is 5.93. The van der Waals surface area contributed by atoms with Gasteiger partial charge in [-0.2, -0.15) is 0 Å². The third-order valence-corrected chi connectivity index (χ3v) is 7.71. The fourth-order valence-electron chi connectivity index (χ4n) is 5.69. The molecule has 36 heavy (non-hydrogen) atoms. The summed E-state index contributed by atoms with van der Waals surface area (Å²) in [5.74, 6) is 2.72. The van der Waals surface area contributed by atoms with Crippen LogP contribution in [0.5, 0.6) is 5.75 Å². The number of hydrogen-bond donors (Lipinski definition) is 1. The van der Waals surface area contributed by atoms with E-state index >= 15 is 0 Å². The van der Waals surface area contributed by atoms with Crippen LogP contribution in [0.3, 0.4) is 0 Å². The smallest absolute Gasteiger partial charge is 0.147 e. The second kappa shape index (κ2) is 8.70. The van der Waals surface area contributed by atoms with Crippen LogP contribution in [0.25, 0.3) is 11.1 Å². The van der Waals surface area contributed by atoms with Crippen molar-refractivity contribution in [3.05, 3.63) is 64.6 Å². The van der Waals surface area contributed by atoms with E-state index in [2.05, 4.69) is 62.1 Å². The second-order valence-electron chi connectivity index (χ2n) is 11.4. The summed E-state index contributed by atoms with van der Waals surface area (Å²) in [6.07, 6.45) is 4.04. The normalized spacial score (nSPS) is 18.9. The summed E-state index contributed by atoms with van der Waals surface area (Å²) in [7, 11) is 0. The van der Waals surface area contributed by atoms with Gasteiger partial charge in [0.05, 0.1) is 18.3 Å². The zero-order chi connectivity index (χ0) is 25.0. The van der Waals surface area contributed by atoms with Crippen LogP contribution in [-0.2, 0) is 25.8 Å². The number of aliphatic imine (C=N–C) groups is 1. The molecular formula is C30H35N5O. The molecule has 0 saturated heterocycles. The molecule has 0 radical (unpaired) electrons. The molecule has 1 unspecified atom stereocenters. The summed E-state index contributed by atoms with van der Waals surface area (Å²) in [6.45, 7) is 10.9. The van der Waals surface area contributed by atoms with Gasteiger partial charge in [-0.1, -0.05) is 32.0 Å². The minimum absolute atomic E-state index is 0.197. The van der Waals surface area contributed by atoms with Gasteiger partial charge >= 0.3 is 0 Å². The molecule has 2 aliphatic heterocycles. The van der Waals surface area contributed by atoms with E-state index in [1.165, 1.54) is 39.2 Å². The Hall–Kier alpha value is -3.25. The summed E-state index contributed by atoms with van der Waals surface area (Å²) in [5.41, 5.74) is 16.1. The third-order valence-electron chi connectivity index (χ3n) is 7.71. The average molecular weight is 482 g/mol. The highest BCUT2D eigenvalue weighted by Crippen LogP contribution is 2.40. The quantitative estimate of drug-likeness (QED) is 0.517. The highest BCUT2D eigenvalue weighted by atomic mass is 16.5.